The smallest absolute Gasteiger partial charge is 0.239 e. The average molecular weight is 493 g/mol. The van der Waals surface area contributed by atoms with Crippen molar-refractivity contribution in [2.75, 3.05) is 33.7 Å². The lowest BCUT2D eigenvalue weighted by Gasteiger charge is -2.10. The van der Waals surface area contributed by atoms with E-state index < -0.39 is 0 Å². The first kappa shape index (κ1) is 24.5. The van der Waals surface area contributed by atoms with Crippen LogP contribution in [0, 0.1) is 0 Å². The van der Waals surface area contributed by atoms with Gasteiger partial charge in [0.25, 0.3) is 0 Å². The lowest BCUT2D eigenvalue weighted by atomic mass is 10.1. The van der Waals surface area contributed by atoms with Gasteiger partial charge in [-0.1, -0.05) is 36.4 Å². The number of aromatic nitrogens is 3. The number of hydrogen-bond acceptors (Lipinski definition) is 8. The third-order valence-electron chi connectivity index (χ3n) is 5.21. The van der Waals surface area contributed by atoms with E-state index in [9.17, 15) is 9.59 Å². The summed E-state index contributed by atoms with van der Waals surface area (Å²) in [5.74, 6) is 0.0248. The Balaban J connectivity index is 1.27. The van der Waals surface area contributed by atoms with Crippen molar-refractivity contribution in [3.63, 3.8) is 0 Å². The number of benzene rings is 2. The summed E-state index contributed by atoms with van der Waals surface area (Å²) in [5, 5.41) is 14.2. The molecular weight excluding hydrogens is 464 g/mol. The second-order valence-electron chi connectivity index (χ2n) is 8.38. The Kier molecular flexibility index (Phi) is 8.17. The largest absolute Gasteiger partial charge is 0.424 e. The number of hydrogen-bond donors (Lipinski definition) is 2. The van der Waals surface area contributed by atoms with Crippen molar-refractivity contribution < 1.29 is 14.0 Å². The molecule has 2 aromatic carbocycles. The van der Waals surface area contributed by atoms with Crippen molar-refractivity contribution in [3.05, 3.63) is 65.3 Å². The predicted molar refractivity (Wildman–Crippen MR) is 135 cm³/mol. The molecule has 0 bridgehead atoms. The predicted octanol–water partition coefficient (Wildman–Crippen LogP) is 2.66. The maximum absolute atomic E-state index is 12.1. The van der Waals surface area contributed by atoms with Gasteiger partial charge in [-0.25, -0.2) is 4.98 Å². The van der Waals surface area contributed by atoms with E-state index >= 15 is 0 Å². The maximum atomic E-state index is 12.1. The van der Waals surface area contributed by atoms with Gasteiger partial charge < -0.3 is 20.0 Å². The van der Waals surface area contributed by atoms with E-state index in [1.54, 1.807) is 11.3 Å². The van der Waals surface area contributed by atoms with Crippen LogP contribution in [0.15, 0.2) is 52.9 Å². The molecule has 2 amide bonds. The number of thiazole rings is 1. The fourth-order valence-corrected chi connectivity index (χ4v) is 4.48. The van der Waals surface area contributed by atoms with Gasteiger partial charge in [-0.2, -0.15) is 0 Å². The van der Waals surface area contributed by atoms with Crippen LogP contribution in [0.25, 0.3) is 21.3 Å². The Hall–Kier alpha value is -3.63. The van der Waals surface area contributed by atoms with Crippen molar-refractivity contribution in [2.45, 2.75) is 19.3 Å². The van der Waals surface area contributed by atoms with Crippen LogP contribution >= 0.6 is 11.3 Å². The molecule has 0 fully saturated rings. The van der Waals surface area contributed by atoms with Crippen LogP contribution in [-0.4, -0.2) is 65.6 Å². The number of carbonyl (C=O) groups excluding carboxylic acids is 2. The van der Waals surface area contributed by atoms with E-state index in [1.165, 1.54) is 0 Å². The molecule has 0 atom stereocenters. The molecule has 182 valence electrons. The van der Waals surface area contributed by atoms with Gasteiger partial charge in [0.05, 0.1) is 23.2 Å². The SMILES string of the molecule is CN(C)CCCNC(=O)CNC(=O)Cc1nnc(Cc2nc3ccc(-c4ccccc4)cc3s2)o1. The second kappa shape index (κ2) is 11.7. The fourth-order valence-electron chi connectivity index (χ4n) is 3.48. The molecule has 2 heterocycles. The summed E-state index contributed by atoms with van der Waals surface area (Å²) in [6.45, 7) is 1.37. The molecule has 2 N–H and O–H groups in total. The van der Waals surface area contributed by atoms with Gasteiger partial charge >= 0.3 is 0 Å². The Labute approximate surface area is 207 Å². The molecule has 0 aliphatic rings. The summed E-state index contributed by atoms with van der Waals surface area (Å²) in [5.41, 5.74) is 3.22. The molecular formula is C25H28N6O3S. The lowest BCUT2D eigenvalue weighted by Crippen LogP contribution is -2.38. The quantitative estimate of drug-likeness (QED) is 0.310. The number of nitrogens with one attached hydrogen (secondary N) is 2. The standard InChI is InChI=1S/C25H28N6O3S/c1-31(2)12-6-11-26-22(33)16-27-21(32)14-23-29-30-24(34-23)15-25-28-19-10-9-18(13-20(19)35-25)17-7-4-3-5-8-17/h3-5,7-10,13H,6,11-12,14-16H2,1-2H3,(H,26,33)(H,27,32). The zero-order valence-corrected chi connectivity index (χ0v) is 20.6. The van der Waals surface area contributed by atoms with Crippen LogP contribution in [0.3, 0.4) is 0 Å². The second-order valence-corrected chi connectivity index (χ2v) is 9.50. The van der Waals surface area contributed by atoms with E-state index in [0.29, 0.717) is 18.9 Å². The van der Waals surface area contributed by atoms with Gasteiger partial charge in [-0.3, -0.25) is 9.59 Å². The van der Waals surface area contributed by atoms with E-state index in [4.69, 9.17) is 4.42 Å². The van der Waals surface area contributed by atoms with Gasteiger partial charge in [0.2, 0.25) is 23.6 Å². The third-order valence-corrected chi connectivity index (χ3v) is 6.23. The number of carbonyl (C=O) groups is 2. The van der Waals surface area contributed by atoms with Crippen molar-refractivity contribution in [1.29, 1.82) is 0 Å². The van der Waals surface area contributed by atoms with Crippen LogP contribution in [0.5, 0.6) is 0 Å². The molecule has 0 unspecified atom stereocenters. The zero-order valence-electron chi connectivity index (χ0n) is 19.8. The molecule has 0 saturated heterocycles. The molecule has 10 heteroatoms. The molecule has 4 rings (SSSR count). The minimum absolute atomic E-state index is 0.0822. The summed E-state index contributed by atoms with van der Waals surface area (Å²) in [7, 11) is 3.96. The van der Waals surface area contributed by atoms with Crippen LogP contribution < -0.4 is 10.6 Å². The first-order valence-electron chi connectivity index (χ1n) is 11.4. The van der Waals surface area contributed by atoms with Gasteiger partial charge in [-0.15, -0.1) is 21.5 Å². The summed E-state index contributed by atoms with van der Waals surface area (Å²) < 4.78 is 6.72. The highest BCUT2D eigenvalue weighted by Gasteiger charge is 2.14. The molecule has 2 aromatic heterocycles. The maximum Gasteiger partial charge on any atom is 0.239 e. The molecule has 35 heavy (non-hydrogen) atoms. The summed E-state index contributed by atoms with van der Waals surface area (Å²) in [4.78, 5) is 30.7. The molecule has 0 aliphatic carbocycles. The molecule has 4 aromatic rings. The summed E-state index contributed by atoms with van der Waals surface area (Å²) in [6.07, 6.45) is 1.16. The highest BCUT2D eigenvalue weighted by atomic mass is 32.1. The number of nitrogens with zero attached hydrogens (tertiary/aromatic N) is 4. The van der Waals surface area contributed by atoms with Gasteiger partial charge in [-0.05, 0) is 50.3 Å². The molecule has 9 nitrogen and oxygen atoms in total. The van der Waals surface area contributed by atoms with Crippen LogP contribution in [0.2, 0.25) is 0 Å². The summed E-state index contributed by atoms with van der Waals surface area (Å²) >= 11 is 1.58. The van der Waals surface area contributed by atoms with Gasteiger partial charge in [0.1, 0.15) is 11.4 Å². The van der Waals surface area contributed by atoms with Gasteiger partial charge in [0, 0.05) is 6.54 Å². The Bertz CT molecular complexity index is 1280. The number of fused-ring (bicyclic) bond motifs is 1. The monoisotopic (exact) mass is 492 g/mol. The molecule has 0 spiro atoms. The van der Waals surface area contributed by atoms with E-state index in [2.05, 4.69) is 50.1 Å². The molecule has 0 radical (unpaired) electrons. The number of amides is 2. The van der Waals surface area contributed by atoms with Crippen LogP contribution in [0.1, 0.15) is 23.2 Å². The fraction of sp³-hybridized carbons (Fsp3) is 0.320. The first-order chi connectivity index (χ1) is 17.0. The van der Waals surface area contributed by atoms with Gasteiger partial charge in [0.15, 0.2) is 0 Å². The first-order valence-corrected chi connectivity index (χ1v) is 12.2. The normalized spacial score (nSPS) is 11.2. The Morgan fingerprint density at radius 3 is 2.57 bits per heavy atom. The number of rotatable bonds is 11. The van der Waals surface area contributed by atoms with Crippen LogP contribution in [-0.2, 0) is 22.4 Å². The minimum Gasteiger partial charge on any atom is -0.424 e. The van der Waals surface area contributed by atoms with Crippen molar-refractivity contribution in [1.82, 2.24) is 30.7 Å². The molecule has 0 aliphatic heterocycles. The van der Waals surface area contributed by atoms with Crippen molar-refractivity contribution >= 4 is 33.4 Å². The van der Waals surface area contributed by atoms with Crippen molar-refractivity contribution in [3.8, 4) is 11.1 Å². The average Bonchev–Trinajstić information content (AvgIpc) is 3.46. The minimum atomic E-state index is -0.350. The third kappa shape index (κ3) is 7.17. The van der Waals surface area contributed by atoms with Crippen molar-refractivity contribution in [2.24, 2.45) is 0 Å². The highest BCUT2D eigenvalue weighted by molar-refractivity contribution is 7.18. The Morgan fingerprint density at radius 2 is 1.77 bits per heavy atom. The topological polar surface area (TPSA) is 113 Å². The highest BCUT2D eigenvalue weighted by Crippen LogP contribution is 2.29. The lowest BCUT2D eigenvalue weighted by molar-refractivity contribution is -0.125. The van der Waals surface area contributed by atoms with E-state index in [0.717, 1.165) is 39.3 Å². The molecule has 0 saturated carbocycles. The van der Waals surface area contributed by atoms with E-state index in [-0.39, 0.29) is 30.7 Å². The van der Waals surface area contributed by atoms with E-state index in [1.807, 2.05) is 43.3 Å². The zero-order chi connectivity index (χ0) is 24.6. The summed E-state index contributed by atoms with van der Waals surface area (Å²) in [6, 6.07) is 16.4. The Morgan fingerprint density at radius 1 is 0.971 bits per heavy atom. The van der Waals surface area contributed by atoms with Crippen LogP contribution in [0.4, 0.5) is 0 Å².